The van der Waals surface area contributed by atoms with Crippen LogP contribution in [0.1, 0.15) is 41.0 Å². The molecule has 0 aliphatic heterocycles. The van der Waals surface area contributed by atoms with Crippen molar-refractivity contribution in [3.63, 3.8) is 0 Å². The van der Waals surface area contributed by atoms with Gasteiger partial charge in [0.15, 0.2) is 0 Å². The van der Waals surface area contributed by atoms with Crippen LogP contribution >= 0.6 is 22.9 Å². The average Bonchev–Trinajstić information content (AvgIpc) is 3.06. The molecular weight excluding hydrogens is 384 g/mol. The lowest BCUT2D eigenvalue weighted by molar-refractivity contribution is -0.132. The first-order valence-electron chi connectivity index (χ1n) is 8.83. The first kappa shape index (κ1) is 21.3. The third-order valence-electron chi connectivity index (χ3n) is 4.19. The van der Waals surface area contributed by atoms with Crippen molar-refractivity contribution >= 4 is 39.9 Å². The number of carbonyl (C=O) groups is 2. The van der Waals surface area contributed by atoms with Crippen LogP contribution in [0.25, 0.3) is 10.6 Å². The summed E-state index contributed by atoms with van der Waals surface area (Å²) in [6, 6.07) is 6.64. The van der Waals surface area contributed by atoms with Gasteiger partial charge in [-0.15, -0.1) is 10.2 Å². The van der Waals surface area contributed by atoms with Gasteiger partial charge >= 0.3 is 0 Å². The van der Waals surface area contributed by atoms with Crippen LogP contribution in [-0.4, -0.2) is 28.1 Å². The monoisotopic (exact) mass is 408 g/mol. The molecule has 0 spiro atoms. The summed E-state index contributed by atoms with van der Waals surface area (Å²) in [6.07, 6.45) is 0.756. The summed E-state index contributed by atoms with van der Waals surface area (Å²) in [5, 5.41) is 15.4. The number of amides is 2. The first-order chi connectivity index (χ1) is 12.6. The first-order valence-corrected chi connectivity index (χ1v) is 10.0. The number of hydrogen-bond donors (Lipinski definition) is 2. The number of halogens is 1. The molecule has 1 heterocycles. The normalized spacial score (nSPS) is 13.7. The van der Waals surface area contributed by atoms with Crippen LogP contribution in [0.5, 0.6) is 0 Å². The van der Waals surface area contributed by atoms with Crippen LogP contribution in [0.15, 0.2) is 24.3 Å². The summed E-state index contributed by atoms with van der Waals surface area (Å²) in [7, 11) is 0. The summed E-state index contributed by atoms with van der Waals surface area (Å²) in [6.45, 7) is 9.36. The third-order valence-corrected chi connectivity index (χ3v) is 5.31. The van der Waals surface area contributed by atoms with Crippen molar-refractivity contribution in [2.24, 2.45) is 11.3 Å². The average molecular weight is 409 g/mol. The molecule has 2 atom stereocenters. The number of nitrogens with one attached hydrogen (secondary N) is 2. The highest BCUT2D eigenvalue weighted by molar-refractivity contribution is 7.18. The molecule has 1 aromatic heterocycles. The minimum atomic E-state index is -0.639. The van der Waals surface area contributed by atoms with Gasteiger partial charge in [0.25, 0.3) is 0 Å². The van der Waals surface area contributed by atoms with Crippen molar-refractivity contribution in [2.75, 3.05) is 5.32 Å². The quantitative estimate of drug-likeness (QED) is 0.743. The minimum Gasteiger partial charge on any atom is -0.344 e. The zero-order valence-electron chi connectivity index (χ0n) is 16.2. The molecule has 0 bridgehead atoms. The van der Waals surface area contributed by atoms with E-state index in [0.717, 1.165) is 12.0 Å². The Morgan fingerprint density at radius 3 is 2.56 bits per heavy atom. The van der Waals surface area contributed by atoms with Gasteiger partial charge in [0.1, 0.15) is 11.0 Å². The Balaban J connectivity index is 2.14. The molecule has 1 aromatic carbocycles. The van der Waals surface area contributed by atoms with Gasteiger partial charge in [-0.25, -0.2) is 0 Å². The van der Waals surface area contributed by atoms with Gasteiger partial charge < -0.3 is 5.32 Å². The maximum Gasteiger partial charge on any atom is 0.249 e. The van der Waals surface area contributed by atoms with E-state index >= 15 is 0 Å². The highest BCUT2D eigenvalue weighted by Crippen LogP contribution is 2.28. The maximum atomic E-state index is 12.8. The van der Waals surface area contributed by atoms with Crippen molar-refractivity contribution in [1.82, 2.24) is 15.5 Å². The molecule has 27 heavy (non-hydrogen) atoms. The number of nitrogens with zero attached hydrogens (tertiary/aromatic N) is 2. The third kappa shape index (κ3) is 5.74. The van der Waals surface area contributed by atoms with Crippen molar-refractivity contribution < 1.29 is 9.59 Å². The summed E-state index contributed by atoms with van der Waals surface area (Å²) < 4.78 is 0. The van der Waals surface area contributed by atoms with E-state index in [1.165, 1.54) is 11.3 Å². The van der Waals surface area contributed by atoms with Crippen molar-refractivity contribution in [3.05, 3.63) is 29.3 Å². The second-order valence-corrected chi connectivity index (χ2v) is 8.91. The molecule has 0 radical (unpaired) electrons. The van der Waals surface area contributed by atoms with Crippen molar-refractivity contribution in [1.29, 1.82) is 0 Å². The predicted octanol–water partition coefficient (Wildman–Crippen LogP) is 4.37. The van der Waals surface area contributed by atoms with Crippen molar-refractivity contribution in [2.45, 2.75) is 47.1 Å². The molecule has 8 heteroatoms. The highest BCUT2D eigenvalue weighted by Gasteiger charge is 2.31. The Morgan fingerprint density at radius 1 is 1.26 bits per heavy atom. The molecule has 2 rings (SSSR count). The van der Waals surface area contributed by atoms with Crippen LogP contribution in [0.2, 0.25) is 5.02 Å². The summed E-state index contributed by atoms with van der Waals surface area (Å²) in [4.78, 5) is 25.1. The number of anilines is 1. The fourth-order valence-electron chi connectivity index (χ4n) is 2.25. The Kier molecular flexibility index (Phi) is 6.95. The van der Waals surface area contributed by atoms with E-state index in [1.807, 2.05) is 46.8 Å². The van der Waals surface area contributed by atoms with Gasteiger partial charge in [0.05, 0.1) is 0 Å². The van der Waals surface area contributed by atoms with Gasteiger partial charge in [-0.05, 0) is 18.1 Å². The zero-order chi connectivity index (χ0) is 20.2. The van der Waals surface area contributed by atoms with Crippen molar-refractivity contribution in [3.8, 4) is 10.6 Å². The molecule has 0 aliphatic rings. The van der Waals surface area contributed by atoms with E-state index in [2.05, 4.69) is 20.8 Å². The van der Waals surface area contributed by atoms with E-state index in [-0.39, 0.29) is 17.7 Å². The minimum absolute atomic E-state index is 0.0170. The number of carbonyl (C=O) groups excluding carboxylic acids is 2. The van der Waals surface area contributed by atoms with Crippen LogP contribution in [0.3, 0.4) is 0 Å². The molecule has 2 unspecified atom stereocenters. The Hall–Kier alpha value is -1.99. The number of aromatic nitrogens is 2. The standard InChI is InChI=1S/C19H25ClN4O2S/c1-6-11(2)14(21-17(26)19(3,4)5)15(25)22-18-24-23-16(27-18)12-8-7-9-13(20)10-12/h7-11,14H,6H2,1-5H3,(H,21,26)(H,22,24,25). The lowest BCUT2D eigenvalue weighted by Crippen LogP contribution is -2.50. The van der Waals surface area contributed by atoms with E-state index in [9.17, 15) is 9.59 Å². The Labute approximate surface area is 168 Å². The molecule has 6 nitrogen and oxygen atoms in total. The van der Waals surface area contributed by atoms with E-state index in [1.54, 1.807) is 12.1 Å². The maximum absolute atomic E-state index is 12.8. The molecule has 0 aliphatic carbocycles. The Morgan fingerprint density at radius 2 is 1.96 bits per heavy atom. The number of benzene rings is 1. The molecule has 2 N–H and O–H groups in total. The van der Waals surface area contributed by atoms with Gasteiger partial charge in [-0.3, -0.25) is 14.9 Å². The lowest BCUT2D eigenvalue weighted by atomic mass is 9.92. The summed E-state index contributed by atoms with van der Waals surface area (Å²) in [5.74, 6) is -0.479. The largest absolute Gasteiger partial charge is 0.344 e. The Bertz CT molecular complexity index is 816. The molecule has 146 valence electrons. The molecule has 0 saturated carbocycles. The van der Waals surface area contributed by atoms with Crippen LogP contribution < -0.4 is 10.6 Å². The smallest absolute Gasteiger partial charge is 0.249 e. The lowest BCUT2D eigenvalue weighted by Gasteiger charge is -2.27. The second-order valence-electron chi connectivity index (χ2n) is 7.50. The van der Waals surface area contributed by atoms with E-state index in [0.29, 0.717) is 15.2 Å². The van der Waals surface area contributed by atoms with Crippen LogP contribution in [-0.2, 0) is 9.59 Å². The van der Waals surface area contributed by atoms with Gasteiger partial charge in [-0.1, -0.05) is 76.1 Å². The molecular formula is C19H25ClN4O2S. The van der Waals surface area contributed by atoms with Gasteiger partial charge in [0, 0.05) is 16.0 Å². The highest BCUT2D eigenvalue weighted by atomic mass is 35.5. The fourth-order valence-corrected chi connectivity index (χ4v) is 3.19. The SMILES string of the molecule is CCC(C)C(NC(=O)C(C)(C)C)C(=O)Nc1nnc(-c2cccc(Cl)c2)s1. The number of rotatable bonds is 6. The summed E-state index contributed by atoms with van der Waals surface area (Å²) in [5.41, 5.74) is 0.258. The molecule has 0 saturated heterocycles. The fraction of sp³-hybridized carbons (Fsp3) is 0.474. The summed E-state index contributed by atoms with van der Waals surface area (Å²) >= 11 is 7.27. The number of hydrogen-bond acceptors (Lipinski definition) is 5. The zero-order valence-corrected chi connectivity index (χ0v) is 17.7. The van der Waals surface area contributed by atoms with Crippen LogP contribution in [0, 0.1) is 11.3 Å². The van der Waals surface area contributed by atoms with Crippen LogP contribution in [0.4, 0.5) is 5.13 Å². The predicted molar refractivity (Wildman–Crippen MR) is 110 cm³/mol. The molecule has 2 amide bonds. The van der Waals surface area contributed by atoms with Gasteiger partial charge in [-0.2, -0.15) is 0 Å². The topological polar surface area (TPSA) is 84.0 Å². The van der Waals surface area contributed by atoms with Gasteiger partial charge in [0.2, 0.25) is 16.9 Å². The molecule has 0 fully saturated rings. The molecule has 2 aromatic rings. The van der Waals surface area contributed by atoms with E-state index in [4.69, 9.17) is 11.6 Å². The van der Waals surface area contributed by atoms with E-state index < -0.39 is 11.5 Å². The second kappa shape index (κ2) is 8.80.